The largest absolute Gasteiger partial charge is 0.507 e. The van der Waals surface area contributed by atoms with Gasteiger partial charge in [0.25, 0.3) is 0 Å². The van der Waals surface area contributed by atoms with Crippen molar-refractivity contribution in [3.63, 3.8) is 0 Å². The van der Waals surface area contributed by atoms with E-state index in [-0.39, 0.29) is 16.7 Å². The number of benzene rings is 2. The van der Waals surface area contributed by atoms with Crippen LogP contribution in [0.15, 0.2) is 36.4 Å². The third-order valence-electron chi connectivity index (χ3n) is 2.97. The highest BCUT2D eigenvalue weighted by atomic mass is 19.1. The van der Waals surface area contributed by atoms with E-state index in [0.29, 0.717) is 6.07 Å². The summed E-state index contributed by atoms with van der Waals surface area (Å²) in [4.78, 5) is 10.8. The molecule has 0 saturated heterocycles. The molecule has 0 spiro atoms. The maximum atomic E-state index is 13.5. The van der Waals surface area contributed by atoms with Crippen LogP contribution >= 0.6 is 0 Å². The smallest absolute Gasteiger partial charge is 0.339 e. The first kappa shape index (κ1) is 18.6. The van der Waals surface area contributed by atoms with Crippen molar-refractivity contribution < 1.29 is 23.8 Å². The normalized spacial score (nSPS) is 9.91. The van der Waals surface area contributed by atoms with Crippen LogP contribution in [0.4, 0.5) is 8.78 Å². The minimum Gasteiger partial charge on any atom is -0.507 e. The fraction of sp³-hybridized carbons (Fsp3) is 0.235. The zero-order chi connectivity index (χ0) is 17.4. The van der Waals surface area contributed by atoms with Gasteiger partial charge in [0, 0.05) is 11.6 Å². The first-order valence-corrected chi connectivity index (χ1v) is 7.13. The van der Waals surface area contributed by atoms with E-state index in [1.54, 1.807) is 0 Å². The molecule has 6 heteroatoms. The summed E-state index contributed by atoms with van der Waals surface area (Å²) in [6.07, 6.45) is 0. The first-order chi connectivity index (χ1) is 10.9. The van der Waals surface area contributed by atoms with Gasteiger partial charge < -0.3 is 15.5 Å². The van der Waals surface area contributed by atoms with E-state index in [0.717, 1.165) is 31.3 Å². The molecule has 2 rings (SSSR count). The molecule has 0 unspecified atom stereocenters. The molecule has 0 bridgehead atoms. The second-order valence-electron chi connectivity index (χ2n) is 4.62. The molecule has 3 N–H and O–H groups in total. The molecule has 0 amide bonds. The van der Waals surface area contributed by atoms with Gasteiger partial charge in [-0.15, -0.1) is 0 Å². The maximum absolute atomic E-state index is 13.5. The summed E-state index contributed by atoms with van der Waals surface area (Å²) in [6, 6.07) is 6.64. The van der Waals surface area contributed by atoms with Crippen LogP contribution in [-0.2, 0) is 0 Å². The molecule has 0 aliphatic carbocycles. The third kappa shape index (κ3) is 5.34. The number of hydrogen-bond acceptors (Lipinski definition) is 3. The van der Waals surface area contributed by atoms with Gasteiger partial charge >= 0.3 is 5.97 Å². The Morgan fingerprint density at radius 1 is 1.09 bits per heavy atom. The molecule has 2 aromatic rings. The molecule has 0 aliphatic rings. The first-order valence-electron chi connectivity index (χ1n) is 7.13. The van der Waals surface area contributed by atoms with Gasteiger partial charge in [-0.1, -0.05) is 19.9 Å². The van der Waals surface area contributed by atoms with Crippen LogP contribution in [0.1, 0.15) is 24.2 Å². The van der Waals surface area contributed by atoms with Gasteiger partial charge in [-0.3, -0.25) is 0 Å². The Morgan fingerprint density at radius 3 is 2.22 bits per heavy atom. The lowest BCUT2D eigenvalue weighted by molar-refractivity contribution is 0.0694. The molecule has 2 aromatic carbocycles. The minimum absolute atomic E-state index is 0.0684. The van der Waals surface area contributed by atoms with E-state index in [9.17, 15) is 18.7 Å². The van der Waals surface area contributed by atoms with Gasteiger partial charge in [-0.2, -0.15) is 0 Å². The van der Waals surface area contributed by atoms with Crippen molar-refractivity contribution in [2.45, 2.75) is 13.8 Å². The molecule has 0 aromatic heterocycles. The van der Waals surface area contributed by atoms with Gasteiger partial charge in [-0.05, 0) is 42.9 Å². The Bertz CT molecular complexity index is 673. The van der Waals surface area contributed by atoms with Crippen molar-refractivity contribution in [3.8, 4) is 16.9 Å². The molecular weight excluding hydrogens is 304 g/mol. The lowest BCUT2D eigenvalue weighted by atomic mass is 10.0. The molecule has 0 fully saturated rings. The number of halogens is 2. The number of phenols is 1. The number of nitrogens with one attached hydrogen (secondary N) is 1. The van der Waals surface area contributed by atoms with E-state index in [4.69, 9.17) is 5.11 Å². The third-order valence-corrected chi connectivity index (χ3v) is 2.97. The highest BCUT2D eigenvalue weighted by Gasteiger charge is 2.13. The number of carbonyl (C=O) groups is 1. The summed E-state index contributed by atoms with van der Waals surface area (Å²) in [5.74, 6) is -3.24. The number of carboxylic acid groups (broad SMARTS) is 1. The van der Waals surface area contributed by atoms with Crippen molar-refractivity contribution in [2.75, 3.05) is 13.1 Å². The predicted molar refractivity (Wildman–Crippen MR) is 84.6 cm³/mol. The van der Waals surface area contributed by atoms with Gasteiger partial charge in [0.05, 0.1) is 0 Å². The van der Waals surface area contributed by atoms with Crippen LogP contribution in [0.2, 0.25) is 0 Å². The van der Waals surface area contributed by atoms with Crippen LogP contribution in [0.25, 0.3) is 11.1 Å². The lowest BCUT2D eigenvalue weighted by Gasteiger charge is -2.06. The SMILES string of the molecule is CCNCC.O=C(O)c1cc(-c2ccc(F)cc2F)ccc1O. The molecule has 0 radical (unpaired) electrons. The number of hydrogen-bond donors (Lipinski definition) is 3. The minimum atomic E-state index is -1.32. The van der Waals surface area contributed by atoms with Crippen LogP contribution < -0.4 is 5.32 Å². The van der Waals surface area contributed by atoms with Crippen molar-refractivity contribution >= 4 is 5.97 Å². The van der Waals surface area contributed by atoms with Crippen molar-refractivity contribution in [3.05, 3.63) is 53.6 Å². The Labute approximate surface area is 133 Å². The molecule has 23 heavy (non-hydrogen) atoms. The number of carboxylic acids is 1. The van der Waals surface area contributed by atoms with Crippen molar-refractivity contribution in [1.82, 2.24) is 5.32 Å². The zero-order valence-electron chi connectivity index (χ0n) is 12.9. The van der Waals surface area contributed by atoms with Gasteiger partial charge in [-0.25, -0.2) is 13.6 Å². The molecule has 0 heterocycles. The molecule has 0 aliphatic heterocycles. The Kier molecular flexibility index (Phi) is 7.15. The Hall–Kier alpha value is -2.47. The van der Waals surface area contributed by atoms with Crippen LogP contribution in [-0.4, -0.2) is 29.3 Å². The van der Waals surface area contributed by atoms with Gasteiger partial charge in [0.1, 0.15) is 22.9 Å². The monoisotopic (exact) mass is 323 g/mol. The van der Waals surface area contributed by atoms with E-state index in [1.165, 1.54) is 12.1 Å². The molecule has 4 nitrogen and oxygen atoms in total. The van der Waals surface area contributed by atoms with E-state index in [2.05, 4.69) is 19.2 Å². The van der Waals surface area contributed by atoms with Gasteiger partial charge in [0.2, 0.25) is 0 Å². The van der Waals surface area contributed by atoms with Crippen LogP contribution in [0.5, 0.6) is 5.75 Å². The molecule has 0 atom stereocenters. The quantitative estimate of drug-likeness (QED) is 0.803. The number of rotatable bonds is 4. The van der Waals surface area contributed by atoms with Crippen molar-refractivity contribution in [1.29, 1.82) is 0 Å². The summed E-state index contributed by atoms with van der Waals surface area (Å²) in [6.45, 7) is 6.39. The molecule has 0 saturated carbocycles. The van der Waals surface area contributed by atoms with Crippen molar-refractivity contribution in [2.24, 2.45) is 0 Å². The zero-order valence-corrected chi connectivity index (χ0v) is 12.9. The Morgan fingerprint density at radius 2 is 1.74 bits per heavy atom. The maximum Gasteiger partial charge on any atom is 0.339 e. The summed E-state index contributed by atoms with van der Waals surface area (Å²) in [5.41, 5.74) is -0.0159. The van der Waals surface area contributed by atoms with Crippen LogP contribution in [0.3, 0.4) is 0 Å². The second-order valence-corrected chi connectivity index (χ2v) is 4.62. The van der Waals surface area contributed by atoms with E-state index in [1.807, 2.05) is 0 Å². The summed E-state index contributed by atoms with van der Waals surface area (Å²) >= 11 is 0. The molecule has 124 valence electrons. The number of aromatic hydroxyl groups is 1. The highest BCUT2D eigenvalue weighted by Crippen LogP contribution is 2.28. The number of aromatic carboxylic acids is 1. The fourth-order valence-corrected chi connectivity index (χ4v) is 1.85. The lowest BCUT2D eigenvalue weighted by Crippen LogP contribution is -2.09. The average Bonchev–Trinajstić information content (AvgIpc) is 2.49. The van der Waals surface area contributed by atoms with E-state index < -0.39 is 23.4 Å². The second kappa shape index (κ2) is 8.85. The highest BCUT2D eigenvalue weighted by molar-refractivity contribution is 5.92. The summed E-state index contributed by atoms with van der Waals surface area (Å²) < 4.78 is 26.3. The predicted octanol–water partition coefficient (Wildman–Crippen LogP) is 3.65. The average molecular weight is 323 g/mol. The molecular formula is C17H19F2NO3. The van der Waals surface area contributed by atoms with Gasteiger partial charge in [0.15, 0.2) is 0 Å². The van der Waals surface area contributed by atoms with E-state index >= 15 is 0 Å². The standard InChI is InChI=1S/C13H8F2O3.C4H11N/c14-8-2-3-9(11(15)6-8)7-1-4-12(16)10(5-7)13(17)18;1-3-5-4-2/h1-6,16H,(H,17,18);5H,3-4H2,1-2H3. The topological polar surface area (TPSA) is 69.6 Å². The summed E-state index contributed by atoms with van der Waals surface area (Å²) in [5, 5.41) is 21.3. The van der Waals surface area contributed by atoms with Crippen LogP contribution in [0, 0.1) is 11.6 Å². The Balaban J connectivity index is 0.000000463. The summed E-state index contributed by atoms with van der Waals surface area (Å²) in [7, 11) is 0. The fourth-order valence-electron chi connectivity index (χ4n) is 1.85.